The molecule has 0 spiro atoms. The Hall–Kier alpha value is -1.48. The van der Waals surface area contributed by atoms with Gasteiger partial charge in [0.1, 0.15) is 0 Å². The van der Waals surface area contributed by atoms with E-state index in [0.29, 0.717) is 6.07 Å². The van der Waals surface area contributed by atoms with E-state index < -0.39 is 27.6 Å². The molecular formula is C8H10F3N3O2S. The molecule has 0 aliphatic rings. The summed E-state index contributed by atoms with van der Waals surface area (Å²) in [4.78, 5) is 0. The molecule has 0 bridgehead atoms. The number of nitrogens with two attached hydrogens (primary N) is 1. The van der Waals surface area contributed by atoms with E-state index in [1.54, 1.807) is 4.72 Å². The SMILES string of the molecule is CNS(=O)(=O)Nc1ccc(N)cc1C(F)(F)F. The van der Waals surface area contributed by atoms with Gasteiger partial charge in [-0.15, -0.1) is 0 Å². The Bertz CT molecular complexity index is 513. The monoisotopic (exact) mass is 269 g/mol. The van der Waals surface area contributed by atoms with Crippen LogP contribution in [-0.4, -0.2) is 15.5 Å². The average Bonchev–Trinajstić information content (AvgIpc) is 2.19. The Morgan fingerprint density at radius 3 is 2.35 bits per heavy atom. The Labute approximate surface area is 96.0 Å². The average molecular weight is 269 g/mol. The number of alkyl halides is 3. The van der Waals surface area contributed by atoms with Crippen LogP contribution >= 0.6 is 0 Å². The zero-order valence-electron chi connectivity index (χ0n) is 8.67. The van der Waals surface area contributed by atoms with Gasteiger partial charge in [-0.25, -0.2) is 4.72 Å². The number of rotatable bonds is 3. The number of anilines is 2. The molecule has 0 aliphatic carbocycles. The molecule has 9 heteroatoms. The number of hydrogen-bond donors (Lipinski definition) is 3. The van der Waals surface area contributed by atoms with Crippen molar-refractivity contribution in [2.24, 2.45) is 0 Å². The molecule has 4 N–H and O–H groups in total. The minimum atomic E-state index is -4.69. The van der Waals surface area contributed by atoms with E-state index in [-0.39, 0.29) is 5.69 Å². The predicted octanol–water partition coefficient (Wildman–Crippen LogP) is 1.16. The van der Waals surface area contributed by atoms with E-state index in [0.717, 1.165) is 13.1 Å². The third-order valence-corrected chi connectivity index (χ3v) is 2.89. The van der Waals surface area contributed by atoms with Crippen LogP contribution < -0.4 is 15.2 Å². The van der Waals surface area contributed by atoms with Crippen LogP contribution in [0.4, 0.5) is 24.5 Å². The fourth-order valence-corrected chi connectivity index (χ4v) is 1.65. The Balaban J connectivity index is 3.26. The van der Waals surface area contributed by atoms with Gasteiger partial charge in [-0.2, -0.15) is 21.6 Å². The highest BCUT2D eigenvalue weighted by Crippen LogP contribution is 2.36. The van der Waals surface area contributed by atoms with Crippen molar-refractivity contribution in [2.75, 3.05) is 17.5 Å². The van der Waals surface area contributed by atoms with E-state index in [9.17, 15) is 21.6 Å². The second-order valence-corrected chi connectivity index (χ2v) is 4.73. The van der Waals surface area contributed by atoms with Crippen molar-refractivity contribution in [1.82, 2.24) is 4.72 Å². The third kappa shape index (κ3) is 3.49. The van der Waals surface area contributed by atoms with Crippen LogP contribution in [0.3, 0.4) is 0 Å². The summed E-state index contributed by atoms with van der Waals surface area (Å²) < 4.78 is 63.6. The van der Waals surface area contributed by atoms with E-state index in [1.807, 2.05) is 4.72 Å². The number of nitrogen functional groups attached to an aromatic ring is 1. The number of nitrogens with one attached hydrogen (secondary N) is 2. The second kappa shape index (κ2) is 4.41. The van der Waals surface area contributed by atoms with Gasteiger partial charge < -0.3 is 5.73 Å². The van der Waals surface area contributed by atoms with Gasteiger partial charge in [-0.05, 0) is 18.2 Å². The van der Waals surface area contributed by atoms with Crippen LogP contribution in [0.15, 0.2) is 18.2 Å². The zero-order chi connectivity index (χ0) is 13.3. The van der Waals surface area contributed by atoms with Gasteiger partial charge >= 0.3 is 6.18 Å². The van der Waals surface area contributed by atoms with Crippen LogP contribution in [-0.2, 0) is 16.4 Å². The zero-order valence-corrected chi connectivity index (χ0v) is 9.48. The molecule has 0 aliphatic heterocycles. The van der Waals surface area contributed by atoms with Gasteiger partial charge in [0.2, 0.25) is 0 Å². The molecule has 96 valence electrons. The molecule has 0 unspecified atom stereocenters. The maximum absolute atomic E-state index is 12.6. The van der Waals surface area contributed by atoms with Gasteiger partial charge in [0.05, 0.1) is 11.3 Å². The van der Waals surface area contributed by atoms with Gasteiger partial charge in [-0.3, -0.25) is 4.72 Å². The van der Waals surface area contributed by atoms with Crippen molar-refractivity contribution in [3.63, 3.8) is 0 Å². The normalized spacial score (nSPS) is 12.5. The first-order valence-electron chi connectivity index (χ1n) is 4.34. The molecule has 5 nitrogen and oxygen atoms in total. The molecule has 0 saturated carbocycles. The van der Waals surface area contributed by atoms with Crippen molar-refractivity contribution >= 4 is 21.6 Å². The maximum atomic E-state index is 12.6. The van der Waals surface area contributed by atoms with Crippen molar-refractivity contribution in [3.8, 4) is 0 Å². The molecule has 0 atom stereocenters. The third-order valence-electron chi connectivity index (χ3n) is 1.86. The summed E-state index contributed by atoms with van der Waals surface area (Å²) in [6.07, 6.45) is -4.69. The van der Waals surface area contributed by atoms with Crippen LogP contribution in [0.25, 0.3) is 0 Å². The molecule has 0 radical (unpaired) electrons. The summed E-state index contributed by atoms with van der Waals surface area (Å²) in [5.74, 6) is 0. The molecule has 0 aromatic heterocycles. The first-order chi connectivity index (χ1) is 7.65. The summed E-state index contributed by atoms with van der Waals surface area (Å²) in [7, 11) is -2.93. The van der Waals surface area contributed by atoms with Crippen LogP contribution in [0, 0.1) is 0 Å². The predicted molar refractivity (Wildman–Crippen MR) is 57.5 cm³/mol. The van der Waals surface area contributed by atoms with E-state index in [4.69, 9.17) is 5.73 Å². The lowest BCUT2D eigenvalue weighted by atomic mass is 10.1. The van der Waals surface area contributed by atoms with Crippen LogP contribution in [0.5, 0.6) is 0 Å². The molecule has 1 aromatic carbocycles. The summed E-state index contributed by atoms with van der Waals surface area (Å²) in [6.45, 7) is 0. The fraction of sp³-hybridized carbons (Fsp3) is 0.250. The maximum Gasteiger partial charge on any atom is 0.418 e. The standard InChI is InChI=1S/C8H10F3N3O2S/c1-13-17(15,16)14-7-3-2-5(12)4-6(7)8(9,10)11/h2-4,13-14H,12H2,1H3. The summed E-state index contributed by atoms with van der Waals surface area (Å²) in [5.41, 5.74) is 3.40. The van der Waals surface area contributed by atoms with Crippen molar-refractivity contribution in [3.05, 3.63) is 23.8 Å². The largest absolute Gasteiger partial charge is 0.418 e. The number of halogens is 3. The highest BCUT2D eigenvalue weighted by Gasteiger charge is 2.34. The first kappa shape index (κ1) is 13.6. The van der Waals surface area contributed by atoms with E-state index in [2.05, 4.69) is 0 Å². The number of hydrogen-bond acceptors (Lipinski definition) is 3. The molecule has 0 amide bonds. The molecule has 0 saturated heterocycles. The molecule has 1 aromatic rings. The summed E-state index contributed by atoms with van der Waals surface area (Å²) in [6, 6.07) is 2.78. The van der Waals surface area contributed by atoms with Crippen molar-refractivity contribution in [2.45, 2.75) is 6.18 Å². The molecular weight excluding hydrogens is 259 g/mol. The van der Waals surface area contributed by atoms with Crippen LogP contribution in [0.1, 0.15) is 5.56 Å². The Kier molecular flexibility index (Phi) is 3.53. The molecule has 17 heavy (non-hydrogen) atoms. The smallest absolute Gasteiger partial charge is 0.399 e. The van der Waals surface area contributed by atoms with E-state index in [1.165, 1.54) is 6.07 Å². The van der Waals surface area contributed by atoms with Gasteiger partial charge in [0, 0.05) is 12.7 Å². The van der Waals surface area contributed by atoms with Gasteiger partial charge in [-0.1, -0.05) is 0 Å². The lowest BCUT2D eigenvalue weighted by molar-refractivity contribution is -0.136. The quantitative estimate of drug-likeness (QED) is 0.720. The van der Waals surface area contributed by atoms with E-state index >= 15 is 0 Å². The number of benzene rings is 1. The Morgan fingerprint density at radius 1 is 1.29 bits per heavy atom. The molecule has 0 heterocycles. The summed E-state index contributed by atoms with van der Waals surface area (Å²) >= 11 is 0. The highest BCUT2D eigenvalue weighted by atomic mass is 32.2. The van der Waals surface area contributed by atoms with Crippen LogP contribution in [0.2, 0.25) is 0 Å². The van der Waals surface area contributed by atoms with Crippen molar-refractivity contribution in [1.29, 1.82) is 0 Å². The molecule has 1 rings (SSSR count). The van der Waals surface area contributed by atoms with Crippen molar-refractivity contribution < 1.29 is 21.6 Å². The first-order valence-corrected chi connectivity index (χ1v) is 5.82. The van der Waals surface area contributed by atoms with Gasteiger partial charge in [0.15, 0.2) is 0 Å². The Morgan fingerprint density at radius 2 is 1.88 bits per heavy atom. The lowest BCUT2D eigenvalue weighted by Gasteiger charge is -2.14. The fourth-order valence-electron chi connectivity index (χ4n) is 1.08. The topological polar surface area (TPSA) is 84.2 Å². The highest BCUT2D eigenvalue weighted by molar-refractivity contribution is 7.90. The minimum absolute atomic E-state index is 0.107. The molecule has 0 fully saturated rings. The minimum Gasteiger partial charge on any atom is -0.399 e. The lowest BCUT2D eigenvalue weighted by Crippen LogP contribution is -2.27. The summed E-state index contributed by atoms with van der Waals surface area (Å²) in [5, 5.41) is 0. The van der Waals surface area contributed by atoms with Gasteiger partial charge in [0.25, 0.3) is 10.2 Å². The second-order valence-electron chi connectivity index (χ2n) is 3.11.